The van der Waals surface area contributed by atoms with Crippen LogP contribution in [0.4, 0.5) is 0 Å². The van der Waals surface area contributed by atoms with Crippen molar-refractivity contribution >= 4 is 29.1 Å². The van der Waals surface area contributed by atoms with Crippen molar-refractivity contribution in [2.75, 3.05) is 26.2 Å². The fraction of sp³-hybridized carbons (Fsp3) is 0.278. The van der Waals surface area contributed by atoms with E-state index in [1.54, 1.807) is 34.1 Å². The Morgan fingerprint density at radius 1 is 0.960 bits per heavy atom. The summed E-state index contributed by atoms with van der Waals surface area (Å²) in [6.45, 7) is 3.29. The van der Waals surface area contributed by atoms with Crippen molar-refractivity contribution < 1.29 is 19.1 Å². The Bertz CT molecular complexity index is 780. The molecule has 6 nitrogen and oxygen atoms in total. The molecular weight excluding hydrogens is 340 g/mol. The van der Waals surface area contributed by atoms with E-state index in [0.29, 0.717) is 42.4 Å². The molecule has 25 heavy (non-hydrogen) atoms. The summed E-state index contributed by atoms with van der Waals surface area (Å²) in [5, 5.41) is 1.88. The van der Waals surface area contributed by atoms with E-state index in [9.17, 15) is 14.4 Å². The minimum absolute atomic E-state index is 0.0129. The van der Waals surface area contributed by atoms with Gasteiger partial charge in [-0.2, -0.15) is 0 Å². The van der Waals surface area contributed by atoms with Crippen molar-refractivity contribution in [3.8, 4) is 5.75 Å². The Morgan fingerprint density at radius 3 is 2.24 bits per heavy atom. The molecule has 0 spiro atoms. The van der Waals surface area contributed by atoms with Crippen molar-refractivity contribution in [3.63, 3.8) is 0 Å². The van der Waals surface area contributed by atoms with Crippen LogP contribution in [0.25, 0.3) is 0 Å². The molecule has 3 rings (SSSR count). The van der Waals surface area contributed by atoms with Crippen LogP contribution in [0.15, 0.2) is 41.8 Å². The molecule has 0 bridgehead atoms. The lowest BCUT2D eigenvalue weighted by Crippen LogP contribution is -2.50. The summed E-state index contributed by atoms with van der Waals surface area (Å²) >= 11 is 1.42. The number of carbonyl (C=O) groups is 3. The van der Waals surface area contributed by atoms with Gasteiger partial charge < -0.3 is 14.5 Å². The minimum Gasteiger partial charge on any atom is -0.427 e. The third-order valence-corrected chi connectivity index (χ3v) is 4.79. The summed E-state index contributed by atoms with van der Waals surface area (Å²) in [4.78, 5) is 40.2. The van der Waals surface area contributed by atoms with Crippen molar-refractivity contribution in [1.82, 2.24) is 9.80 Å². The molecular formula is C18H18N2O4S. The highest BCUT2D eigenvalue weighted by Gasteiger charge is 2.26. The Labute approximate surface area is 149 Å². The first-order valence-electron chi connectivity index (χ1n) is 7.95. The SMILES string of the molecule is CC(=O)Oc1cccc(C(=O)N2CCN(C(=O)c3cccs3)CC2)c1. The van der Waals surface area contributed by atoms with Crippen LogP contribution < -0.4 is 4.74 Å². The van der Waals surface area contributed by atoms with Crippen LogP contribution in [-0.2, 0) is 4.79 Å². The number of hydrogen-bond acceptors (Lipinski definition) is 5. The predicted octanol–water partition coefficient (Wildman–Crippen LogP) is 2.27. The number of piperazine rings is 1. The van der Waals surface area contributed by atoms with E-state index in [1.165, 1.54) is 18.3 Å². The Kier molecular flexibility index (Phi) is 5.14. The average molecular weight is 358 g/mol. The van der Waals surface area contributed by atoms with Gasteiger partial charge in [-0.05, 0) is 29.6 Å². The van der Waals surface area contributed by atoms with Crippen LogP contribution in [-0.4, -0.2) is 53.8 Å². The lowest BCUT2D eigenvalue weighted by Gasteiger charge is -2.34. The van der Waals surface area contributed by atoms with Gasteiger partial charge in [0.1, 0.15) is 5.75 Å². The summed E-state index contributed by atoms with van der Waals surface area (Å²) in [7, 11) is 0. The van der Waals surface area contributed by atoms with E-state index in [0.717, 1.165) is 0 Å². The van der Waals surface area contributed by atoms with Gasteiger partial charge in [0.25, 0.3) is 11.8 Å². The second-order valence-corrected chi connectivity index (χ2v) is 6.63. The lowest BCUT2D eigenvalue weighted by molar-refractivity contribution is -0.131. The molecule has 1 fully saturated rings. The summed E-state index contributed by atoms with van der Waals surface area (Å²) in [5.41, 5.74) is 0.469. The zero-order valence-corrected chi connectivity index (χ0v) is 14.6. The molecule has 1 aliphatic heterocycles. The minimum atomic E-state index is -0.426. The van der Waals surface area contributed by atoms with Crippen molar-refractivity contribution in [2.45, 2.75) is 6.92 Å². The standard InChI is InChI=1S/C18H18N2O4S/c1-13(21)24-15-5-2-4-14(12-15)17(22)19-7-9-20(10-8-19)18(23)16-6-3-11-25-16/h2-6,11-12H,7-10H2,1H3. The molecule has 2 amide bonds. The third-order valence-electron chi connectivity index (χ3n) is 3.93. The molecule has 0 aliphatic carbocycles. The number of rotatable bonds is 3. The molecule has 0 N–H and O–H groups in total. The van der Waals surface area contributed by atoms with Crippen molar-refractivity contribution in [3.05, 3.63) is 52.2 Å². The van der Waals surface area contributed by atoms with E-state index in [2.05, 4.69) is 0 Å². The summed E-state index contributed by atoms with van der Waals surface area (Å²) < 4.78 is 5.02. The first kappa shape index (κ1) is 17.2. The molecule has 0 atom stereocenters. The largest absolute Gasteiger partial charge is 0.427 e. The van der Waals surface area contributed by atoms with E-state index >= 15 is 0 Å². The van der Waals surface area contributed by atoms with Crippen molar-refractivity contribution in [2.24, 2.45) is 0 Å². The van der Waals surface area contributed by atoms with Gasteiger partial charge in [0, 0.05) is 38.7 Å². The zero-order chi connectivity index (χ0) is 17.8. The maximum Gasteiger partial charge on any atom is 0.308 e. The Morgan fingerprint density at radius 2 is 1.64 bits per heavy atom. The van der Waals surface area contributed by atoms with Crippen LogP contribution in [0.3, 0.4) is 0 Å². The number of nitrogens with zero attached hydrogens (tertiary/aromatic N) is 2. The second kappa shape index (κ2) is 7.48. The molecule has 2 aromatic rings. The quantitative estimate of drug-likeness (QED) is 0.624. The van der Waals surface area contributed by atoms with Gasteiger partial charge in [0.15, 0.2) is 0 Å². The smallest absolute Gasteiger partial charge is 0.308 e. The molecule has 1 saturated heterocycles. The number of amides is 2. The highest BCUT2D eigenvalue weighted by Crippen LogP contribution is 2.18. The van der Waals surface area contributed by atoms with Crippen LogP contribution in [0.5, 0.6) is 5.75 Å². The number of benzene rings is 1. The predicted molar refractivity (Wildman–Crippen MR) is 93.9 cm³/mol. The van der Waals surface area contributed by atoms with Gasteiger partial charge in [0.2, 0.25) is 0 Å². The molecule has 0 radical (unpaired) electrons. The average Bonchev–Trinajstić information content (AvgIpc) is 3.15. The first-order chi connectivity index (χ1) is 12.0. The zero-order valence-electron chi connectivity index (χ0n) is 13.8. The normalized spacial score (nSPS) is 14.3. The maximum atomic E-state index is 12.6. The maximum absolute atomic E-state index is 12.6. The van der Waals surface area contributed by atoms with Gasteiger partial charge in [-0.3, -0.25) is 14.4 Å². The van der Waals surface area contributed by atoms with E-state index < -0.39 is 5.97 Å². The van der Waals surface area contributed by atoms with E-state index in [4.69, 9.17) is 4.74 Å². The van der Waals surface area contributed by atoms with Gasteiger partial charge in [-0.25, -0.2) is 0 Å². The van der Waals surface area contributed by atoms with Crippen molar-refractivity contribution in [1.29, 1.82) is 0 Å². The number of esters is 1. The summed E-state index contributed by atoms with van der Waals surface area (Å²) in [5.74, 6) is -0.189. The molecule has 2 heterocycles. The van der Waals surface area contributed by atoms with E-state index in [-0.39, 0.29) is 11.8 Å². The molecule has 0 saturated carbocycles. The number of hydrogen-bond donors (Lipinski definition) is 0. The highest BCUT2D eigenvalue weighted by atomic mass is 32.1. The topological polar surface area (TPSA) is 66.9 Å². The fourth-order valence-corrected chi connectivity index (χ4v) is 3.40. The molecule has 0 unspecified atom stereocenters. The van der Waals surface area contributed by atoms with Crippen LogP contribution in [0.1, 0.15) is 27.0 Å². The molecule has 1 aliphatic rings. The van der Waals surface area contributed by atoms with Crippen LogP contribution in [0, 0.1) is 0 Å². The van der Waals surface area contributed by atoms with Gasteiger partial charge in [-0.1, -0.05) is 12.1 Å². The van der Waals surface area contributed by atoms with Crippen LogP contribution in [0.2, 0.25) is 0 Å². The van der Waals surface area contributed by atoms with E-state index in [1.807, 2.05) is 17.5 Å². The molecule has 1 aromatic heterocycles. The monoisotopic (exact) mass is 358 g/mol. The fourth-order valence-electron chi connectivity index (χ4n) is 2.71. The van der Waals surface area contributed by atoms with Gasteiger partial charge in [-0.15, -0.1) is 11.3 Å². The first-order valence-corrected chi connectivity index (χ1v) is 8.83. The Balaban J connectivity index is 1.62. The number of thiophene rings is 1. The number of carbonyl (C=O) groups excluding carboxylic acids is 3. The third kappa shape index (κ3) is 4.06. The molecule has 7 heteroatoms. The summed E-state index contributed by atoms with van der Waals surface area (Å²) in [6, 6.07) is 10.2. The lowest BCUT2D eigenvalue weighted by atomic mass is 10.1. The van der Waals surface area contributed by atoms with Crippen LogP contribution >= 0.6 is 11.3 Å². The molecule has 130 valence electrons. The number of ether oxygens (including phenoxy) is 1. The summed E-state index contributed by atoms with van der Waals surface area (Å²) in [6.07, 6.45) is 0. The van der Waals surface area contributed by atoms with Gasteiger partial charge >= 0.3 is 5.97 Å². The second-order valence-electron chi connectivity index (χ2n) is 5.68. The molecule has 1 aromatic carbocycles. The van der Waals surface area contributed by atoms with Gasteiger partial charge in [0.05, 0.1) is 4.88 Å². The highest BCUT2D eigenvalue weighted by molar-refractivity contribution is 7.12. The Hall–Kier alpha value is -2.67.